The molecule has 3 aromatic carbocycles. The highest BCUT2D eigenvalue weighted by atomic mass is 32.2. The molecule has 7 heteroatoms. The summed E-state index contributed by atoms with van der Waals surface area (Å²) in [5.41, 5.74) is 1.81. The minimum absolute atomic E-state index is 0.173. The third-order valence-electron chi connectivity index (χ3n) is 4.40. The van der Waals surface area contributed by atoms with Crippen LogP contribution in [0.1, 0.15) is 10.4 Å². The van der Waals surface area contributed by atoms with Crippen molar-refractivity contribution in [2.75, 3.05) is 4.72 Å². The number of fused-ring (bicyclic) bond motifs is 1. The second kappa shape index (κ2) is 7.69. The predicted molar refractivity (Wildman–Crippen MR) is 119 cm³/mol. The van der Waals surface area contributed by atoms with Crippen molar-refractivity contribution in [1.29, 1.82) is 0 Å². The highest BCUT2D eigenvalue weighted by Gasteiger charge is 2.16. The number of thiophene rings is 1. The molecule has 0 bridgehead atoms. The molecule has 0 radical (unpaired) electrons. The second-order valence-corrected chi connectivity index (χ2v) is 9.27. The molecule has 0 aliphatic heterocycles. The van der Waals surface area contributed by atoms with Crippen molar-refractivity contribution in [3.63, 3.8) is 0 Å². The van der Waals surface area contributed by atoms with Crippen molar-refractivity contribution in [1.82, 2.24) is 0 Å². The number of hydrogen-bond acceptors (Lipinski definition) is 5. The number of aromatic hydroxyl groups is 1. The van der Waals surface area contributed by atoms with Gasteiger partial charge in [-0.15, -0.1) is 11.3 Å². The standard InChI is InChI=1S/C22H18N2O3S2/c1-15-10-12-16(13-11-15)29(26,27)24-19-8-4-3-7-18(19)23-14-21-22(25)17-6-2-5-9-20(17)28-21/h2-14,24-25H,1H3/b23-14+. The van der Waals surface area contributed by atoms with Crippen LogP contribution in [0.4, 0.5) is 11.4 Å². The molecule has 4 rings (SSSR count). The number of nitrogens with zero attached hydrogens (tertiary/aromatic N) is 1. The maximum atomic E-state index is 12.7. The number of anilines is 1. The summed E-state index contributed by atoms with van der Waals surface area (Å²) in [4.78, 5) is 5.22. The number of benzene rings is 3. The number of nitrogens with one attached hydrogen (secondary N) is 1. The van der Waals surface area contributed by atoms with Gasteiger partial charge in [-0.1, -0.05) is 42.0 Å². The number of sulfonamides is 1. The van der Waals surface area contributed by atoms with E-state index in [1.165, 1.54) is 11.3 Å². The van der Waals surface area contributed by atoms with Crippen LogP contribution in [0.25, 0.3) is 10.1 Å². The Hall–Kier alpha value is -3.16. The average Bonchev–Trinajstić information content (AvgIpc) is 3.03. The Bertz CT molecular complexity index is 1310. The average molecular weight is 423 g/mol. The van der Waals surface area contributed by atoms with Gasteiger partial charge in [0.1, 0.15) is 5.75 Å². The van der Waals surface area contributed by atoms with Gasteiger partial charge in [-0.25, -0.2) is 8.42 Å². The maximum Gasteiger partial charge on any atom is 0.261 e. The largest absolute Gasteiger partial charge is 0.506 e. The molecule has 4 aromatic rings. The lowest BCUT2D eigenvalue weighted by molar-refractivity contribution is 0.483. The molecular formula is C22H18N2O3S2. The van der Waals surface area contributed by atoms with Crippen LogP contribution in [0.3, 0.4) is 0 Å². The molecule has 2 N–H and O–H groups in total. The zero-order valence-corrected chi connectivity index (χ0v) is 17.2. The molecule has 1 heterocycles. The van der Waals surface area contributed by atoms with E-state index in [2.05, 4.69) is 9.71 Å². The van der Waals surface area contributed by atoms with Crippen LogP contribution in [0, 0.1) is 6.92 Å². The minimum Gasteiger partial charge on any atom is -0.506 e. The van der Waals surface area contributed by atoms with Gasteiger partial charge in [-0.2, -0.15) is 0 Å². The topological polar surface area (TPSA) is 78.8 Å². The van der Waals surface area contributed by atoms with Gasteiger partial charge in [0.05, 0.1) is 21.1 Å². The monoisotopic (exact) mass is 422 g/mol. The normalized spacial score (nSPS) is 11.9. The summed E-state index contributed by atoms with van der Waals surface area (Å²) in [5, 5.41) is 11.2. The van der Waals surface area contributed by atoms with Gasteiger partial charge in [0.2, 0.25) is 0 Å². The van der Waals surface area contributed by atoms with Gasteiger partial charge in [0.15, 0.2) is 0 Å². The fraction of sp³-hybridized carbons (Fsp3) is 0.0455. The van der Waals surface area contributed by atoms with Crippen LogP contribution >= 0.6 is 11.3 Å². The quantitative estimate of drug-likeness (QED) is 0.419. The van der Waals surface area contributed by atoms with Gasteiger partial charge < -0.3 is 5.11 Å². The molecule has 0 unspecified atom stereocenters. The first kappa shape index (κ1) is 19.2. The van der Waals surface area contributed by atoms with E-state index in [0.717, 1.165) is 15.6 Å². The molecule has 1 aromatic heterocycles. The van der Waals surface area contributed by atoms with Crippen molar-refractivity contribution in [2.24, 2.45) is 4.99 Å². The van der Waals surface area contributed by atoms with Crippen molar-refractivity contribution >= 4 is 49.0 Å². The van der Waals surface area contributed by atoms with Crippen molar-refractivity contribution in [3.8, 4) is 5.75 Å². The van der Waals surface area contributed by atoms with E-state index in [4.69, 9.17) is 0 Å². The van der Waals surface area contributed by atoms with Crippen LogP contribution < -0.4 is 4.72 Å². The van der Waals surface area contributed by atoms with E-state index in [9.17, 15) is 13.5 Å². The summed E-state index contributed by atoms with van der Waals surface area (Å²) in [6.45, 7) is 1.90. The van der Waals surface area contributed by atoms with Crippen LogP contribution in [-0.2, 0) is 10.0 Å². The van der Waals surface area contributed by atoms with Gasteiger partial charge in [0, 0.05) is 16.3 Å². The zero-order valence-electron chi connectivity index (χ0n) is 15.5. The SMILES string of the molecule is Cc1ccc(S(=O)(=O)Nc2ccccc2/N=C/c2sc3ccccc3c2O)cc1. The van der Waals surface area contributed by atoms with Crippen molar-refractivity contribution in [3.05, 3.63) is 83.2 Å². The summed E-state index contributed by atoms with van der Waals surface area (Å²) in [6, 6.07) is 21.1. The third kappa shape index (κ3) is 4.01. The van der Waals surface area contributed by atoms with Crippen molar-refractivity contribution < 1.29 is 13.5 Å². The minimum atomic E-state index is -3.73. The second-order valence-electron chi connectivity index (χ2n) is 6.50. The molecule has 0 spiro atoms. The van der Waals surface area contributed by atoms with E-state index in [0.29, 0.717) is 16.3 Å². The molecule has 0 aliphatic carbocycles. The van der Waals surface area contributed by atoms with Crippen molar-refractivity contribution in [2.45, 2.75) is 11.8 Å². The molecule has 29 heavy (non-hydrogen) atoms. The molecule has 146 valence electrons. The Morgan fingerprint density at radius 3 is 2.41 bits per heavy atom. The number of aliphatic imine (C=N–C) groups is 1. The zero-order chi connectivity index (χ0) is 20.4. The van der Waals surface area contributed by atoms with E-state index < -0.39 is 10.0 Å². The first-order chi connectivity index (χ1) is 13.9. The first-order valence-electron chi connectivity index (χ1n) is 8.87. The summed E-state index contributed by atoms with van der Waals surface area (Å²) in [6.07, 6.45) is 1.55. The van der Waals surface area contributed by atoms with Gasteiger partial charge in [-0.3, -0.25) is 9.71 Å². The number of para-hydroxylation sites is 2. The van der Waals surface area contributed by atoms with E-state index in [1.807, 2.05) is 31.2 Å². The van der Waals surface area contributed by atoms with Crippen LogP contribution in [0.15, 0.2) is 82.7 Å². The molecule has 0 atom stereocenters. The fourth-order valence-electron chi connectivity index (χ4n) is 2.86. The Morgan fingerprint density at radius 1 is 0.966 bits per heavy atom. The smallest absolute Gasteiger partial charge is 0.261 e. The Labute approximate surface area is 173 Å². The first-order valence-corrected chi connectivity index (χ1v) is 11.2. The van der Waals surface area contributed by atoms with E-state index in [1.54, 1.807) is 54.7 Å². The fourth-order valence-corrected chi connectivity index (χ4v) is 4.90. The highest BCUT2D eigenvalue weighted by Crippen LogP contribution is 2.36. The van der Waals surface area contributed by atoms with Gasteiger partial charge in [0.25, 0.3) is 10.0 Å². The number of rotatable bonds is 5. The molecule has 0 fully saturated rings. The summed E-state index contributed by atoms with van der Waals surface area (Å²) < 4.78 is 29.0. The lowest BCUT2D eigenvalue weighted by Crippen LogP contribution is -2.13. The maximum absolute atomic E-state index is 12.7. The molecule has 0 saturated heterocycles. The molecule has 5 nitrogen and oxygen atoms in total. The lowest BCUT2D eigenvalue weighted by atomic mass is 10.2. The van der Waals surface area contributed by atoms with Crippen LogP contribution in [0.5, 0.6) is 5.75 Å². The molecular weight excluding hydrogens is 404 g/mol. The van der Waals surface area contributed by atoms with Crippen LogP contribution in [-0.4, -0.2) is 19.7 Å². The molecule has 0 aliphatic rings. The molecule has 0 saturated carbocycles. The summed E-state index contributed by atoms with van der Waals surface area (Å²) >= 11 is 1.42. The van der Waals surface area contributed by atoms with Gasteiger partial charge >= 0.3 is 0 Å². The Morgan fingerprint density at radius 2 is 1.66 bits per heavy atom. The summed E-state index contributed by atoms with van der Waals surface area (Å²) in [7, 11) is -3.73. The molecule has 0 amide bonds. The lowest BCUT2D eigenvalue weighted by Gasteiger charge is -2.10. The predicted octanol–water partition coefficient (Wildman–Crippen LogP) is 5.47. The number of hydrogen-bond donors (Lipinski definition) is 2. The van der Waals surface area contributed by atoms with Crippen LogP contribution in [0.2, 0.25) is 0 Å². The number of aryl methyl sites for hydroxylation is 1. The van der Waals surface area contributed by atoms with E-state index in [-0.39, 0.29) is 10.6 Å². The Kier molecular flexibility index (Phi) is 5.08. The highest BCUT2D eigenvalue weighted by molar-refractivity contribution is 7.92. The summed E-state index contributed by atoms with van der Waals surface area (Å²) in [5.74, 6) is 0.173. The third-order valence-corrected chi connectivity index (χ3v) is 6.87. The van der Waals surface area contributed by atoms with E-state index >= 15 is 0 Å². The van der Waals surface area contributed by atoms with Gasteiger partial charge in [-0.05, 0) is 43.3 Å². The Balaban J connectivity index is 1.65.